The van der Waals surface area contributed by atoms with Crippen LogP contribution >= 0.6 is 0 Å². The van der Waals surface area contributed by atoms with Crippen LogP contribution in [0.15, 0.2) is 48.6 Å². The van der Waals surface area contributed by atoms with Crippen LogP contribution < -0.4 is 5.19 Å². The van der Waals surface area contributed by atoms with Crippen molar-refractivity contribution in [1.82, 2.24) is 0 Å². The van der Waals surface area contributed by atoms with Crippen molar-refractivity contribution in [2.75, 3.05) is 0 Å². The minimum Gasteiger partial charge on any atom is -0.465 e. The summed E-state index contributed by atoms with van der Waals surface area (Å²) < 4.78 is 6.25. The van der Waals surface area contributed by atoms with Crippen LogP contribution in [0.1, 0.15) is 0 Å². The van der Waals surface area contributed by atoms with E-state index in [1.165, 1.54) is 5.19 Å². The number of rotatable bonds is 4. The molecule has 0 heterocycles. The second-order valence-electron chi connectivity index (χ2n) is 4.05. The normalized spacial score (nSPS) is 19.6. The molecule has 0 spiro atoms. The molecule has 0 amide bonds. The fourth-order valence-electron chi connectivity index (χ4n) is 1.91. The van der Waals surface area contributed by atoms with Crippen molar-refractivity contribution in [1.29, 1.82) is 0 Å². The Kier molecular flexibility index (Phi) is 3.46. The molecule has 0 aliphatic heterocycles. The predicted molar refractivity (Wildman–Crippen MR) is 70.8 cm³/mol. The summed E-state index contributed by atoms with van der Waals surface area (Å²) in [6.07, 6.45) is 8.80. The van der Waals surface area contributed by atoms with Gasteiger partial charge >= 0.3 is 0 Å². The summed E-state index contributed by atoms with van der Waals surface area (Å²) in [5.74, 6) is 0. The Morgan fingerprint density at radius 1 is 1.07 bits per heavy atom. The lowest BCUT2D eigenvalue weighted by Crippen LogP contribution is -2.35. The monoisotopic (exact) mass is 233 g/mol. The minimum absolute atomic E-state index is 0.606. The van der Waals surface area contributed by atoms with Crippen LogP contribution in [0.4, 0.5) is 0 Å². The minimum atomic E-state index is -1.13. The Hall–Kier alpha value is -0.776. The van der Waals surface area contributed by atoms with E-state index in [0.717, 1.165) is 0 Å². The summed E-state index contributed by atoms with van der Waals surface area (Å²) >= 11 is 0. The van der Waals surface area contributed by atoms with Crippen LogP contribution in [-0.4, -0.2) is 18.1 Å². The molecule has 0 bridgehead atoms. The molecule has 0 radical (unpaired) electrons. The molecule has 0 N–H and O–H groups in total. The summed E-state index contributed by atoms with van der Waals surface area (Å²) in [5, 5.41) is 1.43. The van der Waals surface area contributed by atoms with E-state index in [1.54, 1.807) is 0 Å². The van der Waals surface area contributed by atoms with Crippen molar-refractivity contribution in [3.05, 3.63) is 48.6 Å². The van der Waals surface area contributed by atoms with E-state index >= 15 is 0 Å². The maximum absolute atomic E-state index is 6.25. The first kappa shape index (κ1) is 10.7. The highest BCUT2D eigenvalue weighted by Crippen LogP contribution is 2.20. The summed E-state index contributed by atoms with van der Waals surface area (Å²) in [5.41, 5.74) is 0.606. The summed E-state index contributed by atoms with van der Waals surface area (Å²) in [7, 11) is -2.20. The fraction of sp³-hybridized carbons (Fsp3) is 0.250. The molecular formula is C12H17OSi2-. The largest absolute Gasteiger partial charge is 0.465 e. The molecule has 3 heteroatoms. The Bertz CT molecular complexity index is 342. The molecule has 1 aliphatic carbocycles. The van der Waals surface area contributed by atoms with E-state index < -0.39 is 18.1 Å². The lowest BCUT2D eigenvalue weighted by molar-refractivity contribution is 0.602. The van der Waals surface area contributed by atoms with Crippen LogP contribution in [0.25, 0.3) is 0 Å². The summed E-state index contributed by atoms with van der Waals surface area (Å²) in [6, 6.07) is 8.59. The Labute approximate surface area is 94.9 Å². The lowest BCUT2D eigenvalue weighted by atomic mass is 10.5. The van der Waals surface area contributed by atoms with Gasteiger partial charge in [0.25, 0.3) is 0 Å². The fourth-order valence-corrected chi connectivity index (χ4v) is 7.49. The third-order valence-corrected chi connectivity index (χ3v) is 9.10. The molecule has 0 saturated carbocycles. The van der Waals surface area contributed by atoms with E-state index in [-0.39, 0.29) is 0 Å². The molecule has 1 aromatic rings. The molecule has 2 unspecified atom stereocenters. The third kappa shape index (κ3) is 2.62. The van der Waals surface area contributed by atoms with Gasteiger partial charge in [0.15, 0.2) is 9.04 Å². The highest BCUT2D eigenvalue weighted by atomic mass is 28.4. The van der Waals surface area contributed by atoms with Crippen molar-refractivity contribution in [2.45, 2.75) is 18.6 Å². The lowest BCUT2D eigenvalue weighted by Gasteiger charge is -2.22. The van der Waals surface area contributed by atoms with E-state index in [0.29, 0.717) is 5.54 Å². The van der Waals surface area contributed by atoms with Crippen molar-refractivity contribution in [3.8, 4) is 0 Å². The van der Waals surface area contributed by atoms with Gasteiger partial charge in [-0.15, -0.1) is 5.19 Å². The quantitative estimate of drug-likeness (QED) is 0.569. The first-order valence-corrected chi connectivity index (χ1v) is 9.99. The smallest absolute Gasteiger partial charge is 0.169 e. The zero-order valence-corrected chi connectivity index (χ0v) is 11.6. The van der Waals surface area contributed by atoms with Crippen molar-refractivity contribution in [3.63, 3.8) is 0 Å². The van der Waals surface area contributed by atoms with Gasteiger partial charge in [-0.2, -0.15) is 12.1 Å². The van der Waals surface area contributed by atoms with Gasteiger partial charge < -0.3 is 4.12 Å². The molecule has 2 atom stereocenters. The maximum atomic E-state index is 6.25. The Balaban J connectivity index is 1.91. The second-order valence-corrected chi connectivity index (χ2v) is 9.27. The van der Waals surface area contributed by atoms with Crippen LogP contribution in [-0.2, 0) is 4.12 Å². The van der Waals surface area contributed by atoms with Gasteiger partial charge in [0.05, 0.1) is 0 Å². The maximum Gasteiger partial charge on any atom is 0.169 e. The zero-order chi connectivity index (χ0) is 10.7. The Morgan fingerprint density at radius 3 is 2.27 bits per heavy atom. The average molecular weight is 233 g/mol. The van der Waals surface area contributed by atoms with E-state index in [4.69, 9.17) is 4.12 Å². The topological polar surface area (TPSA) is 9.23 Å². The van der Waals surface area contributed by atoms with Gasteiger partial charge in [0.2, 0.25) is 0 Å². The van der Waals surface area contributed by atoms with Crippen LogP contribution in [0, 0.1) is 0 Å². The van der Waals surface area contributed by atoms with Gasteiger partial charge in [-0.25, -0.2) is 12.1 Å². The van der Waals surface area contributed by atoms with E-state index in [1.807, 2.05) is 0 Å². The average Bonchev–Trinajstić information content (AvgIpc) is 2.91. The highest BCUT2D eigenvalue weighted by molar-refractivity contribution is 6.74. The Morgan fingerprint density at radius 2 is 1.67 bits per heavy atom. The van der Waals surface area contributed by atoms with Gasteiger partial charge in [-0.05, 0) is 6.55 Å². The first-order chi connectivity index (χ1) is 7.27. The third-order valence-electron chi connectivity index (χ3n) is 2.90. The number of hydrogen-bond acceptors (Lipinski definition) is 1. The van der Waals surface area contributed by atoms with E-state index in [2.05, 4.69) is 61.7 Å². The van der Waals surface area contributed by atoms with Gasteiger partial charge in [-0.1, -0.05) is 30.9 Å². The van der Waals surface area contributed by atoms with Crippen LogP contribution in [0.3, 0.4) is 0 Å². The van der Waals surface area contributed by atoms with Crippen molar-refractivity contribution in [2.24, 2.45) is 0 Å². The number of hydrogen-bond donors (Lipinski definition) is 0. The van der Waals surface area contributed by atoms with Crippen LogP contribution in [0.2, 0.25) is 18.6 Å². The summed E-state index contributed by atoms with van der Waals surface area (Å²) in [4.78, 5) is 0. The molecule has 1 nitrogen and oxygen atoms in total. The van der Waals surface area contributed by atoms with Gasteiger partial charge in [0.1, 0.15) is 9.04 Å². The SMILES string of the molecule is C[SiH](O[SiH](C)C1C=CC=C1)[c-]1cccc1. The summed E-state index contributed by atoms with van der Waals surface area (Å²) in [6.45, 7) is 4.58. The van der Waals surface area contributed by atoms with Crippen LogP contribution in [0.5, 0.6) is 0 Å². The molecule has 1 aromatic carbocycles. The molecule has 0 aromatic heterocycles. The molecule has 1 aliphatic rings. The van der Waals surface area contributed by atoms with Crippen molar-refractivity contribution >= 4 is 23.3 Å². The number of allylic oxidation sites excluding steroid dienone is 4. The van der Waals surface area contributed by atoms with Crippen molar-refractivity contribution < 1.29 is 4.12 Å². The zero-order valence-electron chi connectivity index (χ0n) is 9.26. The molecule has 80 valence electrons. The van der Waals surface area contributed by atoms with Gasteiger partial charge in [0, 0.05) is 5.54 Å². The molecule has 15 heavy (non-hydrogen) atoms. The van der Waals surface area contributed by atoms with Gasteiger partial charge in [-0.3, -0.25) is 0 Å². The highest BCUT2D eigenvalue weighted by Gasteiger charge is 2.18. The second kappa shape index (κ2) is 4.83. The molecule has 2 rings (SSSR count). The van der Waals surface area contributed by atoms with E-state index in [9.17, 15) is 0 Å². The standard InChI is InChI=1S/C12H17OSi2/c1-14(11-7-3-4-8-11)13-15(2)12-9-5-6-10-12/h3-11,14-15H,1-2H3/q-1. The molecular weight excluding hydrogens is 216 g/mol. The molecule has 0 saturated heterocycles. The molecule has 0 fully saturated rings. The first-order valence-electron chi connectivity index (χ1n) is 5.49. The predicted octanol–water partition coefficient (Wildman–Crippen LogP) is 1.83.